The van der Waals surface area contributed by atoms with Crippen molar-refractivity contribution < 1.29 is 19.1 Å². The fraction of sp³-hybridized carbons (Fsp3) is 0.773. The molecule has 0 unspecified atom stereocenters. The van der Waals surface area contributed by atoms with Crippen molar-refractivity contribution >= 4 is 33.5 Å². The molecule has 0 heterocycles. The van der Waals surface area contributed by atoms with Gasteiger partial charge in [0, 0.05) is 11.1 Å². The van der Waals surface area contributed by atoms with Crippen LogP contribution in [0.2, 0.25) is 0 Å². The summed E-state index contributed by atoms with van der Waals surface area (Å²) in [6, 6.07) is 25.7. The van der Waals surface area contributed by atoms with E-state index in [-0.39, 0.29) is 11.8 Å². The topological polar surface area (TPSA) is 52.6 Å². The maximum absolute atomic E-state index is 14.4. The molecule has 0 amide bonds. The molecule has 0 aliphatic heterocycles. The quantitative estimate of drug-likeness (QED) is 0.0191. The van der Waals surface area contributed by atoms with Gasteiger partial charge in [-0.05, 0) is 71.2 Å². The van der Waals surface area contributed by atoms with Crippen LogP contribution in [-0.2, 0) is 9.59 Å². The normalized spacial score (nSPS) is 11.8. The van der Waals surface area contributed by atoms with Crippen LogP contribution in [0.4, 0.5) is 0 Å². The average Bonchev–Trinajstić information content (AvgIpc) is 0.797. The summed E-state index contributed by atoms with van der Waals surface area (Å²) in [4.78, 5) is 28.8. The lowest BCUT2D eigenvalue weighted by atomic mass is 9.84. The van der Waals surface area contributed by atoms with Gasteiger partial charge in [0.2, 0.25) is 0 Å². The number of benzene rings is 4. The van der Waals surface area contributed by atoms with E-state index in [9.17, 15) is 9.59 Å². The molecule has 0 saturated carbocycles. The molecule has 101 heavy (non-hydrogen) atoms. The zero-order chi connectivity index (χ0) is 71.6. The lowest BCUT2D eigenvalue weighted by Gasteiger charge is -2.23. The van der Waals surface area contributed by atoms with Crippen LogP contribution in [0.5, 0.6) is 11.5 Å². The fourth-order valence-electron chi connectivity index (χ4n) is 16.6. The SMILES string of the molecule is CCCCCCCCCCCCCCCCCCC(CCCCCCCCCCCCCCCCCC)c1c(OC(=O)CC(=O)Oc2ccc3ccccc3c2C(CCCCCCCCCCCCCCCCCC)CCCCCCCCCCCCCCCCCC)ccc2ccccc12. The molecule has 4 heteroatoms. The first-order valence-corrected chi connectivity index (χ1v) is 45.4. The molecule has 0 aromatic heterocycles. The first kappa shape index (κ1) is 89.7. The lowest BCUT2D eigenvalue weighted by molar-refractivity contribution is -0.144. The molecule has 0 radical (unpaired) electrons. The molecule has 4 aromatic carbocycles. The lowest BCUT2D eigenvalue weighted by Crippen LogP contribution is -2.20. The van der Waals surface area contributed by atoms with E-state index < -0.39 is 18.4 Å². The second-order valence-electron chi connectivity index (χ2n) is 32.3. The molecule has 0 fully saturated rings. The molecule has 576 valence electrons. The van der Waals surface area contributed by atoms with Crippen LogP contribution in [0, 0.1) is 0 Å². The summed E-state index contributed by atoms with van der Waals surface area (Å²) >= 11 is 0. The predicted molar refractivity (Wildman–Crippen MR) is 446 cm³/mol. The number of carbonyl (C=O) groups is 2. The Bertz CT molecular complexity index is 2260. The van der Waals surface area contributed by atoms with Crippen LogP contribution in [0.25, 0.3) is 21.5 Å². The van der Waals surface area contributed by atoms with Crippen LogP contribution in [0.1, 0.15) is 494 Å². The van der Waals surface area contributed by atoms with Crippen molar-refractivity contribution in [1.82, 2.24) is 0 Å². The van der Waals surface area contributed by atoms with Crippen molar-refractivity contribution in [3.8, 4) is 11.5 Å². The number of ether oxygens (including phenoxy) is 2. The van der Waals surface area contributed by atoms with Crippen LogP contribution in [0.3, 0.4) is 0 Å². The van der Waals surface area contributed by atoms with Gasteiger partial charge in [-0.25, -0.2) is 0 Å². The monoisotopic (exact) mass is 1390 g/mol. The van der Waals surface area contributed by atoms with Crippen LogP contribution in [0.15, 0.2) is 72.8 Å². The zero-order valence-corrected chi connectivity index (χ0v) is 67.5. The van der Waals surface area contributed by atoms with Crippen molar-refractivity contribution in [3.05, 3.63) is 83.9 Å². The first-order chi connectivity index (χ1) is 50.0. The minimum Gasteiger partial charge on any atom is -0.426 e. The number of hydrogen-bond acceptors (Lipinski definition) is 4. The summed E-state index contributed by atoms with van der Waals surface area (Å²) in [6.45, 7) is 9.23. The van der Waals surface area contributed by atoms with Gasteiger partial charge < -0.3 is 9.47 Å². The molecule has 0 saturated heterocycles. The Balaban J connectivity index is 1.39. The minimum atomic E-state index is -0.532. The number of fused-ring (bicyclic) bond motifs is 2. The third-order valence-electron chi connectivity index (χ3n) is 23.0. The standard InChI is InChI=1S/C97H164O4/c1-5-9-13-17-21-25-29-33-37-41-45-49-53-57-61-65-75-88(76-66-62-58-54-50-46-42-38-34-30-26-22-18-14-10-6-2)96-90-79-71-69-73-86(90)81-83-92(96)100-94(98)85-95(99)101-93-84-82-87-74-70-72-80-91(87)97(93)89(77-67-63-59-55-51-47-43-39-35-31-27-23-19-15-11-7-3)78-68-64-60-56-52-48-44-40-36-32-28-24-20-16-12-8-4/h69-74,79-84,88-89H,5-68,75-78,85H2,1-4H3. The van der Waals surface area contributed by atoms with Gasteiger partial charge in [0.1, 0.15) is 17.9 Å². The van der Waals surface area contributed by atoms with Crippen molar-refractivity contribution in [1.29, 1.82) is 0 Å². The van der Waals surface area contributed by atoms with E-state index in [4.69, 9.17) is 9.47 Å². The van der Waals surface area contributed by atoms with Gasteiger partial charge in [0.05, 0.1) is 0 Å². The van der Waals surface area contributed by atoms with Gasteiger partial charge in [0.15, 0.2) is 0 Å². The van der Waals surface area contributed by atoms with Crippen molar-refractivity contribution in [2.75, 3.05) is 0 Å². The molecular formula is C97H164O4. The number of esters is 2. The molecule has 0 aliphatic carbocycles. The molecule has 0 N–H and O–H groups in total. The van der Waals surface area contributed by atoms with Gasteiger partial charge in [-0.2, -0.15) is 0 Å². The highest BCUT2D eigenvalue weighted by Crippen LogP contribution is 2.42. The summed E-state index contributed by atoms with van der Waals surface area (Å²) in [6.07, 6.45) is 91.3. The third-order valence-corrected chi connectivity index (χ3v) is 23.0. The second kappa shape index (κ2) is 65.8. The molecule has 4 aromatic rings. The van der Waals surface area contributed by atoms with Gasteiger partial charge in [0.25, 0.3) is 0 Å². The van der Waals surface area contributed by atoms with E-state index in [1.165, 1.54) is 432 Å². The van der Waals surface area contributed by atoms with Crippen molar-refractivity contribution in [3.63, 3.8) is 0 Å². The van der Waals surface area contributed by atoms with Gasteiger partial charge in [-0.3, -0.25) is 9.59 Å². The number of rotatable bonds is 74. The number of hydrogen-bond donors (Lipinski definition) is 0. The fourth-order valence-corrected chi connectivity index (χ4v) is 16.6. The molecule has 4 nitrogen and oxygen atoms in total. The van der Waals surface area contributed by atoms with E-state index in [1.54, 1.807) is 0 Å². The van der Waals surface area contributed by atoms with Gasteiger partial charge >= 0.3 is 11.9 Å². The molecule has 0 aliphatic rings. The number of carbonyl (C=O) groups excluding carboxylic acids is 2. The van der Waals surface area contributed by atoms with E-state index >= 15 is 0 Å². The second-order valence-corrected chi connectivity index (χ2v) is 32.3. The smallest absolute Gasteiger partial charge is 0.322 e. The average molecular weight is 1390 g/mol. The third kappa shape index (κ3) is 46.1. The summed E-state index contributed by atoms with van der Waals surface area (Å²) in [7, 11) is 0. The Morgan fingerprint density at radius 2 is 0.406 bits per heavy atom. The highest BCUT2D eigenvalue weighted by molar-refractivity contribution is 5.96. The Morgan fingerprint density at radius 1 is 0.228 bits per heavy atom. The minimum absolute atomic E-state index is 0.273. The van der Waals surface area contributed by atoms with Crippen LogP contribution < -0.4 is 9.47 Å². The summed E-state index contributed by atoms with van der Waals surface area (Å²) < 4.78 is 13.0. The predicted octanol–water partition coefficient (Wildman–Crippen LogP) is 33.7. The summed E-state index contributed by atoms with van der Waals surface area (Å²) in [5.41, 5.74) is 2.32. The van der Waals surface area contributed by atoms with Crippen molar-refractivity contribution in [2.24, 2.45) is 0 Å². The summed E-state index contributed by atoms with van der Waals surface area (Å²) in [5, 5.41) is 4.73. The van der Waals surface area contributed by atoms with E-state index in [0.717, 1.165) is 36.8 Å². The maximum Gasteiger partial charge on any atom is 0.322 e. The van der Waals surface area contributed by atoms with Crippen LogP contribution >= 0.6 is 0 Å². The molecule has 0 bridgehead atoms. The molecule has 4 rings (SSSR count). The molecule has 0 spiro atoms. The van der Waals surface area contributed by atoms with Crippen LogP contribution in [-0.4, -0.2) is 11.9 Å². The summed E-state index contributed by atoms with van der Waals surface area (Å²) in [5.74, 6) is 0.739. The van der Waals surface area contributed by atoms with E-state index in [1.807, 2.05) is 12.1 Å². The highest BCUT2D eigenvalue weighted by atomic mass is 16.6. The first-order valence-electron chi connectivity index (χ1n) is 45.4. The zero-order valence-electron chi connectivity index (χ0n) is 67.5. The highest BCUT2D eigenvalue weighted by Gasteiger charge is 2.26. The van der Waals surface area contributed by atoms with Gasteiger partial charge in [-0.1, -0.05) is 499 Å². The van der Waals surface area contributed by atoms with E-state index in [2.05, 4.69) is 88.4 Å². The molecular weight excluding hydrogens is 1230 g/mol. The Hall–Kier alpha value is -3.66. The Kier molecular flexibility index (Phi) is 58.5. The Labute approximate surface area is 627 Å². The molecule has 0 atom stereocenters. The largest absolute Gasteiger partial charge is 0.426 e. The Morgan fingerprint density at radius 3 is 0.604 bits per heavy atom. The maximum atomic E-state index is 14.4. The van der Waals surface area contributed by atoms with Crippen molar-refractivity contribution in [2.45, 2.75) is 483 Å². The number of unbranched alkanes of at least 4 members (excludes halogenated alkanes) is 60. The van der Waals surface area contributed by atoms with Gasteiger partial charge in [-0.15, -0.1) is 0 Å². The van der Waals surface area contributed by atoms with E-state index in [0.29, 0.717) is 11.5 Å².